The van der Waals surface area contributed by atoms with Gasteiger partial charge in [-0.25, -0.2) is 0 Å². The SMILES string of the molecule is CC(C)(C)[O-].CC(C)OC(C)C.[K+]. The van der Waals surface area contributed by atoms with Gasteiger partial charge in [0.25, 0.3) is 0 Å². The van der Waals surface area contributed by atoms with Gasteiger partial charge in [0, 0.05) is 0 Å². The van der Waals surface area contributed by atoms with Crippen LogP contribution in [0.25, 0.3) is 0 Å². The summed E-state index contributed by atoms with van der Waals surface area (Å²) < 4.78 is 5.25. The van der Waals surface area contributed by atoms with Crippen molar-refractivity contribution < 1.29 is 61.2 Å². The van der Waals surface area contributed by atoms with Gasteiger partial charge in [-0.1, -0.05) is 20.8 Å². The zero-order chi connectivity index (χ0) is 10.4. The average molecular weight is 214 g/mol. The van der Waals surface area contributed by atoms with Crippen LogP contribution in [0.15, 0.2) is 0 Å². The average Bonchev–Trinajstić information content (AvgIpc) is 1.52. The van der Waals surface area contributed by atoms with Crippen molar-refractivity contribution in [1.82, 2.24) is 0 Å². The van der Waals surface area contributed by atoms with E-state index in [4.69, 9.17) is 4.74 Å². The maximum Gasteiger partial charge on any atom is 1.00 e. The number of hydrogen-bond donors (Lipinski definition) is 0. The van der Waals surface area contributed by atoms with Crippen LogP contribution in [-0.2, 0) is 4.74 Å². The number of ether oxygens (including phenoxy) is 1. The van der Waals surface area contributed by atoms with Gasteiger partial charge in [-0.15, -0.1) is 5.60 Å². The van der Waals surface area contributed by atoms with E-state index in [1.54, 1.807) is 20.8 Å². The minimum atomic E-state index is -0.750. The van der Waals surface area contributed by atoms with Crippen molar-refractivity contribution in [3.05, 3.63) is 0 Å². The molecule has 0 heterocycles. The minimum Gasteiger partial charge on any atom is -0.850 e. The minimum absolute atomic E-state index is 0. The molecule has 0 radical (unpaired) electrons. The third kappa shape index (κ3) is 58.6. The van der Waals surface area contributed by atoms with Crippen LogP contribution in [0.1, 0.15) is 48.5 Å². The summed E-state index contributed by atoms with van der Waals surface area (Å²) in [7, 11) is 0. The fraction of sp³-hybridized carbons (Fsp3) is 1.00. The molecule has 13 heavy (non-hydrogen) atoms. The molecule has 0 N–H and O–H groups in total. The molecule has 0 aromatic heterocycles. The molecule has 0 aromatic carbocycles. The Bertz CT molecular complexity index is 83.6. The molecule has 0 aliphatic heterocycles. The Morgan fingerprint density at radius 2 is 1.08 bits per heavy atom. The van der Waals surface area contributed by atoms with Crippen LogP contribution in [-0.4, -0.2) is 17.8 Å². The Morgan fingerprint density at radius 3 is 1.08 bits per heavy atom. The van der Waals surface area contributed by atoms with Gasteiger partial charge >= 0.3 is 51.4 Å². The van der Waals surface area contributed by atoms with Gasteiger partial charge in [-0.05, 0) is 27.7 Å². The van der Waals surface area contributed by atoms with Gasteiger partial charge in [-0.3, -0.25) is 0 Å². The normalized spacial score (nSPS) is 10.6. The summed E-state index contributed by atoms with van der Waals surface area (Å²) in [5.41, 5.74) is -0.750. The van der Waals surface area contributed by atoms with E-state index in [0.717, 1.165) is 0 Å². The molecule has 0 bridgehead atoms. The summed E-state index contributed by atoms with van der Waals surface area (Å²) in [6.45, 7) is 13.1. The van der Waals surface area contributed by atoms with Crippen molar-refractivity contribution >= 4 is 0 Å². The van der Waals surface area contributed by atoms with Crippen molar-refractivity contribution in [2.24, 2.45) is 0 Å². The van der Waals surface area contributed by atoms with Gasteiger partial charge in [0.05, 0.1) is 12.2 Å². The number of hydrogen-bond acceptors (Lipinski definition) is 2. The molecule has 0 saturated heterocycles. The second-order valence-corrected chi connectivity index (χ2v) is 4.35. The van der Waals surface area contributed by atoms with Gasteiger partial charge in [-0.2, -0.15) is 0 Å². The Balaban J connectivity index is -0.000000150. The molecule has 0 aromatic rings. The van der Waals surface area contributed by atoms with Crippen LogP contribution in [0.2, 0.25) is 0 Å². The largest absolute Gasteiger partial charge is 1.00 e. The van der Waals surface area contributed by atoms with Crippen molar-refractivity contribution in [2.45, 2.75) is 66.3 Å². The first kappa shape index (κ1) is 20.0. The van der Waals surface area contributed by atoms with E-state index in [9.17, 15) is 5.11 Å². The molecule has 0 aliphatic rings. The molecule has 0 spiro atoms. The van der Waals surface area contributed by atoms with Gasteiger partial charge < -0.3 is 9.84 Å². The zero-order valence-electron chi connectivity index (χ0n) is 10.5. The second-order valence-electron chi connectivity index (χ2n) is 4.35. The molecule has 0 rings (SSSR count). The van der Waals surface area contributed by atoms with Gasteiger partial charge in [0.15, 0.2) is 0 Å². The zero-order valence-corrected chi connectivity index (χ0v) is 13.6. The van der Waals surface area contributed by atoms with E-state index in [0.29, 0.717) is 12.2 Å². The van der Waals surface area contributed by atoms with E-state index in [-0.39, 0.29) is 51.4 Å². The summed E-state index contributed by atoms with van der Waals surface area (Å²) in [5.74, 6) is 0. The molecular weight excluding hydrogens is 191 g/mol. The molecule has 0 saturated carbocycles. The molecule has 0 aliphatic carbocycles. The first-order valence-corrected chi connectivity index (χ1v) is 4.48. The van der Waals surface area contributed by atoms with Crippen LogP contribution in [0.5, 0.6) is 0 Å². The van der Waals surface area contributed by atoms with E-state index in [2.05, 4.69) is 0 Å². The summed E-state index contributed by atoms with van der Waals surface area (Å²) in [5, 5.41) is 10.1. The van der Waals surface area contributed by atoms with Crippen LogP contribution < -0.4 is 56.5 Å². The van der Waals surface area contributed by atoms with Crippen molar-refractivity contribution in [3.8, 4) is 0 Å². The summed E-state index contributed by atoms with van der Waals surface area (Å²) in [6, 6.07) is 0. The first-order chi connectivity index (χ1) is 5.13. The fourth-order valence-corrected chi connectivity index (χ4v) is 0.544. The standard InChI is InChI=1S/C6H14O.C4H9O.K/c1-5(2)7-6(3)4;1-4(2,3)5;/h5-6H,1-4H3;1-3H3;/q;-1;+1. The monoisotopic (exact) mass is 214 g/mol. The first-order valence-electron chi connectivity index (χ1n) is 4.48. The Hall–Kier alpha value is 1.56. The third-order valence-electron chi connectivity index (χ3n) is 0.544. The molecule has 2 nitrogen and oxygen atoms in total. The Kier molecular flexibility index (Phi) is 15.5. The molecule has 76 valence electrons. The van der Waals surface area contributed by atoms with E-state index in [1.807, 2.05) is 27.7 Å². The predicted octanol–water partition coefficient (Wildman–Crippen LogP) is -1.03. The van der Waals surface area contributed by atoms with Crippen molar-refractivity contribution in [1.29, 1.82) is 0 Å². The maximum absolute atomic E-state index is 10.1. The van der Waals surface area contributed by atoms with E-state index < -0.39 is 5.60 Å². The molecule has 0 fully saturated rings. The van der Waals surface area contributed by atoms with Crippen LogP contribution in [0.4, 0.5) is 0 Å². The molecule has 0 unspecified atom stereocenters. The summed E-state index contributed by atoms with van der Waals surface area (Å²) in [4.78, 5) is 0. The summed E-state index contributed by atoms with van der Waals surface area (Å²) >= 11 is 0. The van der Waals surface area contributed by atoms with E-state index in [1.165, 1.54) is 0 Å². The van der Waals surface area contributed by atoms with Crippen molar-refractivity contribution in [3.63, 3.8) is 0 Å². The second kappa shape index (κ2) is 10.1. The molecule has 0 amide bonds. The Labute approximate surface area is 126 Å². The van der Waals surface area contributed by atoms with Gasteiger partial charge in [0.2, 0.25) is 0 Å². The van der Waals surface area contributed by atoms with Crippen LogP contribution >= 0.6 is 0 Å². The topological polar surface area (TPSA) is 32.3 Å². The quantitative estimate of drug-likeness (QED) is 0.551. The van der Waals surface area contributed by atoms with Crippen LogP contribution in [0.3, 0.4) is 0 Å². The van der Waals surface area contributed by atoms with Crippen molar-refractivity contribution in [2.75, 3.05) is 0 Å². The van der Waals surface area contributed by atoms with Crippen LogP contribution in [0, 0.1) is 0 Å². The number of rotatable bonds is 2. The smallest absolute Gasteiger partial charge is 0.850 e. The molecule has 3 heteroatoms. The molecular formula is C10H23KO2. The molecule has 0 atom stereocenters. The van der Waals surface area contributed by atoms with Gasteiger partial charge in [0.1, 0.15) is 0 Å². The maximum atomic E-state index is 10.1. The predicted molar refractivity (Wildman–Crippen MR) is 51.1 cm³/mol. The fourth-order valence-electron chi connectivity index (χ4n) is 0.544. The summed E-state index contributed by atoms with van der Waals surface area (Å²) in [6.07, 6.45) is 0.750. The van der Waals surface area contributed by atoms with E-state index >= 15 is 0 Å². The Morgan fingerprint density at radius 1 is 0.923 bits per heavy atom. The third-order valence-corrected chi connectivity index (χ3v) is 0.544.